The monoisotopic (exact) mass is 638 g/mol. The number of aliphatic hydroxyl groups excluding tert-OH is 1. The summed E-state index contributed by atoms with van der Waals surface area (Å²) in [4.78, 5) is 30.2. The van der Waals surface area contributed by atoms with Crippen LogP contribution in [0.25, 0.3) is 11.3 Å². The van der Waals surface area contributed by atoms with Crippen LogP contribution in [0, 0.1) is 0 Å². The quantitative estimate of drug-likeness (QED) is 0.0960. The summed E-state index contributed by atoms with van der Waals surface area (Å²) in [5.41, 5.74) is 3.83. The standard InChI is InChI=1S/C33H33F3N4O4S/c1-40(2)26-9-10-28(39-32(44)23-7-3-6-22(15-23)20-45-14-12-30(41)42)27(18-26)29-17-24(11-13-37-29)31(43)38-19-21-5-4-8-25(16-21)33(34,35)36/h3-11,13,15-18,32,39,44H,12,14,19-20H2,1-2H3,(H,38,43)(H,41,42). The number of pyridine rings is 1. The molecule has 3 aromatic carbocycles. The number of aromatic nitrogens is 1. The molecule has 0 aliphatic rings. The van der Waals surface area contributed by atoms with E-state index in [0.717, 1.165) is 23.4 Å². The molecule has 4 N–H and O–H groups in total. The molecule has 12 heteroatoms. The SMILES string of the molecule is CN(C)c1ccc(NC(O)c2cccc(CSCCC(=O)O)c2)c(-c2cc(C(=O)NCc3cccc(C(F)(F)F)c3)ccn2)c1. The molecule has 236 valence electrons. The van der Waals surface area contributed by atoms with Gasteiger partial charge in [0.05, 0.1) is 17.7 Å². The van der Waals surface area contributed by atoms with Gasteiger partial charge in [-0.3, -0.25) is 14.6 Å². The third kappa shape index (κ3) is 9.47. The van der Waals surface area contributed by atoms with E-state index in [4.69, 9.17) is 5.11 Å². The van der Waals surface area contributed by atoms with Gasteiger partial charge in [-0.25, -0.2) is 0 Å². The summed E-state index contributed by atoms with van der Waals surface area (Å²) in [6.45, 7) is -0.0906. The average molecular weight is 639 g/mol. The highest BCUT2D eigenvalue weighted by Crippen LogP contribution is 2.34. The van der Waals surface area contributed by atoms with Gasteiger partial charge in [0.25, 0.3) is 5.91 Å². The van der Waals surface area contributed by atoms with E-state index in [1.54, 1.807) is 12.1 Å². The molecule has 0 fully saturated rings. The van der Waals surface area contributed by atoms with Crippen LogP contribution < -0.4 is 15.5 Å². The number of nitrogens with one attached hydrogen (secondary N) is 2. The van der Waals surface area contributed by atoms with Gasteiger partial charge in [-0.2, -0.15) is 24.9 Å². The summed E-state index contributed by atoms with van der Waals surface area (Å²) in [5.74, 6) is -0.240. The van der Waals surface area contributed by atoms with Gasteiger partial charge in [-0.05, 0) is 53.6 Å². The summed E-state index contributed by atoms with van der Waals surface area (Å²) >= 11 is 1.50. The number of carboxylic acids is 1. The van der Waals surface area contributed by atoms with Gasteiger partial charge in [0.15, 0.2) is 6.23 Å². The lowest BCUT2D eigenvalue weighted by atomic mass is 10.0. The Morgan fingerprint density at radius 2 is 1.73 bits per heavy atom. The average Bonchev–Trinajstić information content (AvgIpc) is 3.02. The maximum absolute atomic E-state index is 13.1. The summed E-state index contributed by atoms with van der Waals surface area (Å²) in [6, 6.07) is 20.8. The summed E-state index contributed by atoms with van der Waals surface area (Å²) in [6.07, 6.45) is -4.02. The lowest BCUT2D eigenvalue weighted by Crippen LogP contribution is -2.23. The lowest BCUT2D eigenvalue weighted by molar-refractivity contribution is -0.138. The second-order valence-electron chi connectivity index (χ2n) is 10.4. The molecule has 0 spiro atoms. The molecular weight excluding hydrogens is 605 g/mol. The van der Waals surface area contributed by atoms with Gasteiger partial charge in [0.2, 0.25) is 0 Å². The Labute approximate surface area is 263 Å². The molecule has 0 bridgehead atoms. The van der Waals surface area contributed by atoms with Crippen LogP contribution in [0.4, 0.5) is 24.5 Å². The first-order valence-electron chi connectivity index (χ1n) is 14.0. The molecular formula is C33H33F3N4O4S. The smallest absolute Gasteiger partial charge is 0.416 e. The molecule has 0 radical (unpaired) electrons. The Morgan fingerprint density at radius 1 is 0.978 bits per heavy atom. The zero-order valence-electron chi connectivity index (χ0n) is 24.6. The molecule has 1 amide bonds. The van der Waals surface area contributed by atoms with Gasteiger partial charge in [0, 0.05) is 66.4 Å². The van der Waals surface area contributed by atoms with E-state index in [9.17, 15) is 27.9 Å². The van der Waals surface area contributed by atoms with Gasteiger partial charge in [0.1, 0.15) is 0 Å². The van der Waals surface area contributed by atoms with E-state index >= 15 is 0 Å². The Morgan fingerprint density at radius 3 is 2.47 bits per heavy atom. The Bertz CT molecular complexity index is 1650. The minimum absolute atomic E-state index is 0.0764. The Balaban J connectivity index is 1.53. The molecule has 8 nitrogen and oxygen atoms in total. The highest BCUT2D eigenvalue weighted by atomic mass is 32.2. The van der Waals surface area contributed by atoms with Crippen molar-refractivity contribution in [2.24, 2.45) is 0 Å². The number of hydrogen-bond donors (Lipinski definition) is 4. The molecule has 4 aromatic rings. The van der Waals surface area contributed by atoms with E-state index in [1.807, 2.05) is 55.4 Å². The van der Waals surface area contributed by atoms with Crippen molar-refractivity contribution in [3.05, 3.63) is 113 Å². The van der Waals surface area contributed by atoms with Gasteiger partial charge >= 0.3 is 12.1 Å². The fraction of sp³-hybridized carbons (Fsp3) is 0.242. The third-order valence-electron chi connectivity index (χ3n) is 6.81. The summed E-state index contributed by atoms with van der Waals surface area (Å²) in [7, 11) is 3.76. The summed E-state index contributed by atoms with van der Waals surface area (Å²) < 4.78 is 39.3. The first kappa shape index (κ1) is 33.3. The van der Waals surface area contributed by atoms with Crippen molar-refractivity contribution in [3.8, 4) is 11.3 Å². The second-order valence-corrected chi connectivity index (χ2v) is 11.5. The van der Waals surface area contributed by atoms with E-state index in [2.05, 4.69) is 15.6 Å². The molecule has 0 aliphatic heterocycles. The maximum atomic E-state index is 13.1. The van der Waals surface area contributed by atoms with Crippen LogP contribution in [-0.4, -0.2) is 46.9 Å². The van der Waals surface area contributed by atoms with Crippen molar-refractivity contribution in [2.45, 2.75) is 31.1 Å². The number of halogens is 3. The zero-order chi connectivity index (χ0) is 32.6. The van der Waals surface area contributed by atoms with Crippen molar-refractivity contribution in [2.75, 3.05) is 30.1 Å². The van der Waals surface area contributed by atoms with Crippen molar-refractivity contribution < 1.29 is 33.0 Å². The fourth-order valence-electron chi connectivity index (χ4n) is 4.44. The van der Waals surface area contributed by atoms with Crippen LogP contribution in [0.3, 0.4) is 0 Å². The number of aliphatic hydroxyl groups is 1. The van der Waals surface area contributed by atoms with E-state index in [1.165, 1.54) is 36.2 Å². The molecule has 0 saturated heterocycles. The predicted molar refractivity (Wildman–Crippen MR) is 170 cm³/mol. The second kappa shape index (κ2) is 15.0. The number of alkyl halides is 3. The molecule has 45 heavy (non-hydrogen) atoms. The maximum Gasteiger partial charge on any atom is 0.416 e. The molecule has 0 aliphatic carbocycles. The highest BCUT2D eigenvalue weighted by Gasteiger charge is 2.30. The van der Waals surface area contributed by atoms with Crippen LogP contribution in [0.1, 0.15) is 45.3 Å². The number of carbonyl (C=O) groups is 2. The van der Waals surface area contributed by atoms with E-state index in [-0.39, 0.29) is 18.5 Å². The van der Waals surface area contributed by atoms with Crippen LogP contribution in [-0.2, 0) is 23.3 Å². The summed E-state index contributed by atoms with van der Waals surface area (Å²) in [5, 5.41) is 25.8. The number of anilines is 2. The number of benzene rings is 3. The topological polar surface area (TPSA) is 115 Å². The van der Waals surface area contributed by atoms with E-state index in [0.29, 0.717) is 39.6 Å². The Kier molecular flexibility index (Phi) is 11.1. The van der Waals surface area contributed by atoms with Crippen LogP contribution in [0.2, 0.25) is 0 Å². The van der Waals surface area contributed by atoms with Crippen molar-refractivity contribution in [1.29, 1.82) is 0 Å². The number of carbonyl (C=O) groups excluding carboxylic acids is 1. The molecule has 1 unspecified atom stereocenters. The number of hydrogen-bond acceptors (Lipinski definition) is 7. The highest BCUT2D eigenvalue weighted by molar-refractivity contribution is 7.98. The molecule has 0 saturated carbocycles. The number of amides is 1. The molecule has 1 aromatic heterocycles. The number of carboxylic acid groups (broad SMARTS) is 1. The van der Waals surface area contributed by atoms with Crippen LogP contribution in [0.15, 0.2) is 85.1 Å². The van der Waals surface area contributed by atoms with Crippen LogP contribution >= 0.6 is 11.8 Å². The minimum atomic E-state index is -4.48. The van der Waals surface area contributed by atoms with Crippen molar-refractivity contribution >= 4 is 35.0 Å². The fourth-order valence-corrected chi connectivity index (χ4v) is 5.32. The van der Waals surface area contributed by atoms with Gasteiger partial charge in [-0.15, -0.1) is 0 Å². The number of aliphatic carboxylic acids is 1. The predicted octanol–water partition coefficient (Wildman–Crippen LogP) is 6.57. The lowest BCUT2D eigenvalue weighted by Gasteiger charge is -2.21. The minimum Gasteiger partial charge on any atom is -0.481 e. The van der Waals surface area contributed by atoms with Gasteiger partial charge in [-0.1, -0.05) is 36.4 Å². The van der Waals surface area contributed by atoms with E-state index < -0.39 is 29.8 Å². The number of nitrogens with zero attached hydrogens (tertiary/aromatic N) is 2. The van der Waals surface area contributed by atoms with Crippen molar-refractivity contribution in [3.63, 3.8) is 0 Å². The largest absolute Gasteiger partial charge is 0.481 e. The van der Waals surface area contributed by atoms with Crippen LogP contribution in [0.5, 0.6) is 0 Å². The zero-order valence-corrected chi connectivity index (χ0v) is 25.5. The molecule has 4 rings (SSSR count). The molecule has 1 atom stereocenters. The van der Waals surface area contributed by atoms with Gasteiger partial charge < -0.3 is 25.7 Å². The third-order valence-corrected chi connectivity index (χ3v) is 7.84. The first-order chi connectivity index (χ1) is 21.4. The Hall–Kier alpha value is -4.55. The first-order valence-corrected chi connectivity index (χ1v) is 15.1. The van der Waals surface area contributed by atoms with Crippen molar-refractivity contribution in [1.82, 2.24) is 10.3 Å². The number of rotatable bonds is 13. The number of thioether (sulfide) groups is 1. The molecule has 1 heterocycles. The normalized spacial score (nSPS) is 12.0.